The Kier molecular flexibility index (Phi) is 7.59. The van der Waals surface area contributed by atoms with Gasteiger partial charge < -0.3 is 0 Å². The molecule has 1 nitrogen and oxygen atoms in total. The SMILES string of the molecule is CC/C=C/CCCC(C)C[O]. The number of unbranched alkanes of at least 4 members (excludes halogenated alkanes) is 1. The van der Waals surface area contributed by atoms with Crippen molar-refractivity contribution in [2.75, 3.05) is 6.61 Å². The Morgan fingerprint density at radius 3 is 2.64 bits per heavy atom. The lowest BCUT2D eigenvalue weighted by Gasteiger charge is -2.03. The first-order valence-corrected chi connectivity index (χ1v) is 4.54. The molecule has 0 bridgehead atoms. The molecule has 0 fully saturated rings. The molecule has 0 amide bonds. The Bertz CT molecular complexity index is 97.0. The molecule has 0 aromatic carbocycles. The van der Waals surface area contributed by atoms with Gasteiger partial charge in [0.25, 0.3) is 0 Å². The molecular weight excluding hydrogens is 136 g/mol. The van der Waals surface area contributed by atoms with E-state index in [1.165, 1.54) is 6.42 Å². The summed E-state index contributed by atoms with van der Waals surface area (Å²) in [6, 6.07) is 0. The highest BCUT2D eigenvalue weighted by molar-refractivity contribution is 4.79. The average Bonchev–Trinajstić information content (AvgIpc) is 2.04. The maximum atomic E-state index is 10.3. The summed E-state index contributed by atoms with van der Waals surface area (Å²) in [6.45, 7) is 4.24. The van der Waals surface area contributed by atoms with Crippen LogP contribution < -0.4 is 0 Å². The van der Waals surface area contributed by atoms with Gasteiger partial charge in [0.15, 0.2) is 0 Å². The van der Waals surface area contributed by atoms with Gasteiger partial charge in [0, 0.05) is 0 Å². The number of rotatable bonds is 6. The number of hydrogen-bond donors (Lipinski definition) is 0. The Labute approximate surface area is 70.1 Å². The Morgan fingerprint density at radius 2 is 2.09 bits per heavy atom. The molecule has 0 saturated carbocycles. The van der Waals surface area contributed by atoms with Crippen molar-refractivity contribution in [3.63, 3.8) is 0 Å². The van der Waals surface area contributed by atoms with Crippen molar-refractivity contribution in [1.29, 1.82) is 0 Å². The summed E-state index contributed by atoms with van der Waals surface area (Å²) in [6.07, 6.45) is 8.89. The summed E-state index contributed by atoms with van der Waals surface area (Å²) in [5.74, 6) is 0.366. The molecule has 0 aromatic heterocycles. The second kappa shape index (κ2) is 7.80. The number of allylic oxidation sites excluding steroid dienone is 2. The van der Waals surface area contributed by atoms with E-state index in [0.717, 1.165) is 19.3 Å². The van der Waals surface area contributed by atoms with E-state index in [9.17, 15) is 5.11 Å². The van der Waals surface area contributed by atoms with Gasteiger partial charge in [-0.25, -0.2) is 5.11 Å². The van der Waals surface area contributed by atoms with Crippen molar-refractivity contribution >= 4 is 0 Å². The molecule has 0 spiro atoms. The van der Waals surface area contributed by atoms with Gasteiger partial charge in [-0.05, 0) is 31.6 Å². The highest BCUT2D eigenvalue weighted by Gasteiger charge is 1.97. The second-order valence-electron chi connectivity index (χ2n) is 3.08. The van der Waals surface area contributed by atoms with Crippen LogP contribution in [0.4, 0.5) is 0 Å². The van der Waals surface area contributed by atoms with Crippen LogP contribution in [-0.2, 0) is 5.11 Å². The lowest BCUT2D eigenvalue weighted by atomic mass is 10.1. The first-order chi connectivity index (χ1) is 5.31. The van der Waals surface area contributed by atoms with Gasteiger partial charge in [0.1, 0.15) is 0 Å². The van der Waals surface area contributed by atoms with E-state index in [4.69, 9.17) is 0 Å². The van der Waals surface area contributed by atoms with Crippen molar-refractivity contribution in [1.82, 2.24) is 0 Å². The van der Waals surface area contributed by atoms with Crippen LogP contribution in [0.15, 0.2) is 12.2 Å². The number of hydrogen-bond acceptors (Lipinski definition) is 0. The molecule has 0 aliphatic heterocycles. The van der Waals surface area contributed by atoms with Crippen LogP contribution in [0.2, 0.25) is 0 Å². The van der Waals surface area contributed by atoms with Crippen LogP contribution in [0.5, 0.6) is 0 Å². The molecule has 0 N–H and O–H groups in total. The maximum absolute atomic E-state index is 10.3. The lowest BCUT2D eigenvalue weighted by molar-refractivity contribution is 0.146. The molecular formula is C10H19O. The fourth-order valence-electron chi connectivity index (χ4n) is 0.952. The molecule has 0 rings (SSSR count). The molecule has 0 aliphatic rings. The quantitative estimate of drug-likeness (QED) is 0.414. The van der Waals surface area contributed by atoms with Crippen LogP contribution in [-0.4, -0.2) is 6.61 Å². The maximum Gasteiger partial charge on any atom is 0.0847 e. The molecule has 0 heterocycles. The van der Waals surface area contributed by atoms with E-state index < -0.39 is 0 Å². The van der Waals surface area contributed by atoms with Gasteiger partial charge in [-0.1, -0.05) is 26.0 Å². The average molecular weight is 155 g/mol. The van der Waals surface area contributed by atoms with E-state index in [1.54, 1.807) is 0 Å². The van der Waals surface area contributed by atoms with E-state index in [2.05, 4.69) is 19.1 Å². The third-order valence-corrected chi connectivity index (χ3v) is 1.75. The minimum Gasteiger partial charge on any atom is -0.236 e. The van der Waals surface area contributed by atoms with Gasteiger partial charge in [-0.2, -0.15) is 0 Å². The highest BCUT2D eigenvalue weighted by Crippen LogP contribution is 2.07. The normalized spacial score (nSPS) is 14.1. The largest absolute Gasteiger partial charge is 0.236 e. The van der Waals surface area contributed by atoms with Gasteiger partial charge in [-0.3, -0.25) is 0 Å². The van der Waals surface area contributed by atoms with Gasteiger partial charge in [0.05, 0.1) is 6.61 Å². The molecule has 0 aromatic rings. The molecule has 0 aliphatic carbocycles. The summed E-state index contributed by atoms with van der Waals surface area (Å²) in [4.78, 5) is 0. The minimum atomic E-state index is 0.0808. The Balaban J connectivity index is 3.07. The zero-order valence-corrected chi connectivity index (χ0v) is 7.68. The van der Waals surface area contributed by atoms with Crippen molar-refractivity contribution in [3.05, 3.63) is 12.2 Å². The summed E-state index contributed by atoms with van der Waals surface area (Å²) >= 11 is 0. The van der Waals surface area contributed by atoms with E-state index in [-0.39, 0.29) is 6.61 Å². The zero-order chi connectivity index (χ0) is 8.53. The molecule has 1 unspecified atom stereocenters. The third-order valence-electron chi connectivity index (χ3n) is 1.75. The standard InChI is InChI=1S/C10H19O/c1-3-4-5-6-7-8-10(2)9-11/h4-5,10H,3,6-9H2,1-2H3/b5-4+. The van der Waals surface area contributed by atoms with Gasteiger partial charge in [-0.15, -0.1) is 0 Å². The minimum absolute atomic E-state index is 0.0808. The highest BCUT2D eigenvalue weighted by atomic mass is 16.3. The first-order valence-electron chi connectivity index (χ1n) is 4.54. The van der Waals surface area contributed by atoms with Crippen molar-refractivity contribution < 1.29 is 5.11 Å². The Hall–Kier alpha value is -0.300. The van der Waals surface area contributed by atoms with Crippen LogP contribution in [0.3, 0.4) is 0 Å². The van der Waals surface area contributed by atoms with E-state index in [0.29, 0.717) is 5.92 Å². The van der Waals surface area contributed by atoms with E-state index >= 15 is 0 Å². The summed E-state index contributed by atoms with van der Waals surface area (Å²) in [5.41, 5.74) is 0. The summed E-state index contributed by atoms with van der Waals surface area (Å²) in [5, 5.41) is 10.3. The van der Waals surface area contributed by atoms with E-state index in [1.807, 2.05) is 6.92 Å². The zero-order valence-electron chi connectivity index (χ0n) is 7.68. The lowest BCUT2D eigenvalue weighted by Crippen LogP contribution is -1.97. The molecule has 0 saturated heterocycles. The molecule has 1 atom stereocenters. The van der Waals surface area contributed by atoms with Gasteiger partial charge in [0.2, 0.25) is 0 Å². The predicted molar refractivity (Wildman–Crippen MR) is 48.0 cm³/mol. The molecule has 1 heteroatoms. The third kappa shape index (κ3) is 7.60. The van der Waals surface area contributed by atoms with Crippen LogP contribution >= 0.6 is 0 Å². The fraction of sp³-hybridized carbons (Fsp3) is 0.800. The topological polar surface area (TPSA) is 19.9 Å². The van der Waals surface area contributed by atoms with Crippen molar-refractivity contribution in [2.24, 2.45) is 5.92 Å². The predicted octanol–water partition coefficient (Wildman–Crippen LogP) is 3.19. The second-order valence-corrected chi connectivity index (χ2v) is 3.08. The molecule has 11 heavy (non-hydrogen) atoms. The Morgan fingerprint density at radius 1 is 1.36 bits per heavy atom. The van der Waals surface area contributed by atoms with Crippen LogP contribution in [0.1, 0.15) is 39.5 Å². The van der Waals surface area contributed by atoms with Crippen LogP contribution in [0.25, 0.3) is 0 Å². The molecule has 1 radical (unpaired) electrons. The smallest absolute Gasteiger partial charge is 0.0847 e. The van der Waals surface area contributed by atoms with Gasteiger partial charge >= 0.3 is 0 Å². The summed E-state index contributed by atoms with van der Waals surface area (Å²) in [7, 11) is 0. The van der Waals surface area contributed by atoms with Crippen molar-refractivity contribution in [2.45, 2.75) is 39.5 Å². The monoisotopic (exact) mass is 155 g/mol. The first kappa shape index (κ1) is 10.7. The summed E-state index contributed by atoms with van der Waals surface area (Å²) < 4.78 is 0. The fourth-order valence-corrected chi connectivity index (χ4v) is 0.952. The van der Waals surface area contributed by atoms with Crippen molar-refractivity contribution in [3.8, 4) is 0 Å². The van der Waals surface area contributed by atoms with Crippen LogP contribution in [0, 0.1) is 5.92 Å². The molecule has 65 valence electrons.